The monoisotopic (exact) mass is 173 g/mol. The van der Waals surface area contributed by atoms with Gasteiger partial charge in [0.2, 0.25) is 0 Å². The van der Waals surface area contributed by atoms with Gasteiger partial charge in [-0.05, 0) is 13.8 Å². The molecular formula is C8H17N2O2+. The summed E-state index contributed by atoms with van der Waals surface area (Å²) < 4.78 is 5.20. The van der Waals surface area contributed by atoms with Gasteiger partial charge in [-0.15, -0.1) is 0 Å². The van der Waals surface area contributed by atoms with Crippen LogP contribution in [0.5, 0.6) is 0 Å². The predicted octanol–water partition coefficient (Wildman–Crippen LogP) is -1.83. The SMILES string of the molecule is CC(C)(C(N)=O)[NH+]1CCOCC1. The van der Waals surface area contributed by atoms with E-state index in [-0.39, 0.29) is 5.91 Å². The molecule has 1 fully saturated rings. The zero-order valence-electron chi connectivity index (χ0n) is 7.72. The van der Waals surface area contributed by atoms with E-state index in [0.29, 0.717) is 0 Å². The summed E-state index contributed by atoms with van der Waals surface area (Å²) in [6.45, 7) is 6.97. The molecule has 1 amide bonds. The van der Waals surface area contributed by atoms with Crippen molar-refractivity contribution in [1.29, 1.82) is 0 Å². The van der Waals surface area contributed by atoms with E-state index in [1.165, 1.54) is 4.90 Å². The third kappa shape index (κ3) is 1.76. The number of morpholine rings is 1. The molecule has 0 bridgehead atoms. The summed E-state index contributed by atoms with van der Waals surface area (Å²) in [5.41, 5.74) is 4.85. The third-order valence-electron chi connectivity index (χ3n) is 2.60. The van der Waals surface area contributed by atoms with E-state index >= 15 is 0 Å². The highest BCUT2D eigenvalue weighted by Gasteiger charge is 2.37. The van der Waals surface area contributed by atoms with Crippen LogP contribution in [0.3, 0.4) is 0 Å². The van der Waals surface area contributed by atoms with Crippen LogP contribution < -0.4 is 10.6 Å². The summed E-state index contributed by atoms with van der Waals surface area (Å²) in [5.74, 6) is -0.237. The van der Waals surface area contributed by atoms with Crippen molar-refractivity contribution in [3.05, 3.63) is 0 Å². The number of amides is 1. The fourth-order valence-electron chi connectivity index (χ4n) is 1.42. The second-order valence-corrected chi connectivity index (χ2v) is 3.71. The summed E-state index contributed by atoms with van der Waals surface area (Å²) in [5, 5.41) is 0. The lowest BCUT2D eigenvalue weighted by Crippen LogP contribution is -3.22. The third-order valence-corrected chi connectivity index (χ3v) is 2.60. The molecule has 1 aliphatic rings. The lowest BCUT2D eigenvalue weighted by atomic mass is 10.0. The first kappa shape index (κ1) is 9.48. The average Bonchev–Trinajstić information content (AvgIpc) is 2.06. The minimum Gasteiger partial charge on any atom is -0.370 e. The number of primary amides is 1. The van der Waals surface area contributed by atoms with Gasteiger partial charge in [0.05, 0.1) is 13.2 Å². The molecule has 12 heavy (non-hydrogen) atoms. The van der Waals surface area contributed by atoms with Gasteiger partial charge in [0.25, 0.3) is 5.91 Å². The maximum Gasteiger partial charge on any atom is 0.278 e. The average molecular weight is 173 g/mol. The largest absolute Gasteiger partial charge is 0.370 e. The van der Waals surface area contributed by atoms with Crippen molar-refractivity contribution in [3.8, 4) is 0 Å². The molecule has 1 heterocycles. The van der Waals surface area contributed by atoms with E-state index in [0.717, 1.165) is 26.3 Å². The molecule has 3 N–H and O–H groups in total. The molecular weight excluding hydrogens is 156 g/mol. The Morgan fingerprint density at radius 1 is 1.42 bits per heavy atom. The Morgan fingerprint density at radius 2 is 1.92 bits per heavy atom. The van der Waals surface area contributed by atoms with Crippen LogP contribution in [-0.4, -0.2) is 37.7 Å². The van der Waals surface area contributed by atoms with Crippen molar-refractivity contribution < 1.29 is 14.4 Å². The molecule has 0 saturated carbocycles. The Kier molecular flexibility index (Phi) is 2.69. The van der Waals surface area contributed by atoms with Gasteiger partial charge in [-0.2, -0.15) is 0 Å². The minimum atomic E-state index is -0.455. The quantitative estimate of drug-likeness (QED) is 0.516. The Hall–Kier alpha value is -0.610. The summed E-state index contributed by atoms with van der Waals surface area (Å²) >= 11 is 0. The van der Waals surface area contributed by atoms with Crippen LogP contribution in [0, 0.1) is 0 Å². The first-order valence-corrected chi connectivity index (χ1v) is 4.28. The van der Waals surface area contributed by atoms with Crippen LogP contribution in [0.15, 0.2) is 0 Å². The summed E-state index contributed by atoms with van der Waals surface area (Å²) in [4.78, 5) is 12.3. The summed E-state index contributed by atoms with van der Waals surface area (Å²) in [6, 6.07) is 0. The molecule has 4 heteroatoms. The Morgan fingerprint density at radius 3 is 2.33 bits per heavy atom. The normalized spacial score (nSPS) is 20.8. The molecule has 70 valence electrons. The number of carbonyl (C=O) groups excluding carboxylic acids is 1. The summed E-state index contributed by atoms with van der Waals surface area (Å²) in [6.07, 6.45) is 0. The van der Waals surface area contributed by atoms with Gasteiger partial charge >= 0.3 is 0 Å². The van der Waals surface area contributed by atoms with Crippen molar-refractivity contribution in [1.82, 2.24) is 0 Å². The molecule has 0 aromatic rings. The molecule has 0 spiro atoms. The zero-order valence-corrected chi connectivity index (χ0v) is 7.72. The van der Waals surface area contributed by atoms with Gasteiger partial charge in [-0.25, -0.2) is 0 Å². The maximum absolute atomic E-state index is 11.1. The number of rotatable bonds is 2. The van der Waals surface area contributed by atoms with Crippen molar-refractivity contribution in [3.63, 3.8) is 0 Å². The molecule has 1 aliphatic heterocycles. The molecule has 0 aliphatic carbocycles. The topological polar surface area (TPSA) is 56.8 Å². The summed E-state index contributed by atoms with van der Waals surface area (Å²) in [7, 11) is 0. The number of carbonyl (C=O) groups is 1. The molecule has 0 atom stereocenters. The highest BCUT2D eigenvalue weighted by atomic mass is 16.5. The van der Waals surface area contributed by atoms with E-state index in [4.69, 9.17) is 10.5 Å². The van der Waals surface area contributed by atoms with E-state index in [2.05, 4.69) is 0 Å². The standard InChI is InChI=1S/C8H16N2O2/c1-8(2,7(9)11)10-3-5-12-6-4-10/h3-6H2,1-2H3,(H2,9,11)/p+1. The van der Waals surface area contributed by atoms with Crippen molar-refractivity contribution in [2.75, 3.05) is 26.3 Å². The molecule has 0 unspecified atom stereocenters. The van der Waals surface area contributed by atoms with Crippen molar-refractivity contribution in [2.24, 2.45) is 5.73 Å². The van der Waals surface area contributed by atoms with Crippen molar-refractivity contribution in [2.45, 2.75) is 19.4 Å². The molecule has 1 rings (SSSR count). The van der Waals surface area contributed by atoms with Crippen LogP contribution in [0.25, 0.3) is 0 Å². The molecule has 1 saturated heterocycles. The van der Waals surface area contributed by atoms with Gasteiger partial charge in [0, 0.05) is 0 Å². The van der Waals surface area contributed by atoms with Gasteiger partial charge in [-0.3, -0.25) is 4.79 Å². The van der Waals surface area contributed by atoms with Gasteiger partial charge in [0.15, 0.2) is 5.54 Å². The van der Waals surface area contributed by atoms with Crippen LogP contribution in [0.1, 0.15) is 13.8 Å². The number of quaternary nitrogens is 1. The van der Waals surface area contributed by atoms with Crippen LogP contribution in [-0.2, 0) is 9.53 Å². The van der Waals surface area contributed by atoms with Gasteiger partial charge in [-0.1, -0.05) is 0 Å². The molecule has 0 radical (unpaired) electrons. The Bertz CT molecular complexity index is 174. The van der Waals surface area contributed by atoms with Crippen LogP contribution in [0.4, 0.5) is 0 Å². The number of nitrogens with one attached hydrogen (secondary N) is 1. The van der Waals surface area contributed by atoms with E-state index in [9.17, 15) is 4.79 Å². The Labute approximate surface area is 72.7 Å². The minimum absolute atomic E-state index is 0.237. The van der Waals surface area contributed by atoms with Crippen LogP contribution in [0.2, 0.25) is 0 Å². The lowest BCUT2D eigenvalue weighted by molar-refractivity contribution is -0.945. The number of hydrogen-bond acceptors (Lipinski definition) is 2. The lowest BCUT2D eigenvalue weighted by Gasteiger charge is -2.34. The molecule has 0 aromatic carbocycles. The molecule has 4 nitrogen and oxygen atoms in total. The second kappa shape index (κ2) is 3.41. The first-order chi connectivity index (χ1) is 5.55. The highest BCUT2D eigenvalue weighted by Crippen LogP contribution is 1.95. The fourth-order valence-corrected chi connectivity index (χ4v) is 1.42. The number of nitrogens with two attached hydrogens (primary N) is 1. The van der Waals surface area contributed by atoms with Gasteiger partial charge in [0.1, 0.15) is 13.1 Å². The molecule has 0 aromatic heterocycles. The second-order valence-electron chi connectivity index (χ2n) is 3.71. The smallest absolute Gasteiger partial charge is 0.278 e. The Balaban J connectivity index is 2.59. The van der Waals surface area contributed by atoms with E-state index < -0.39 is 5.54 Å². The first-order valence-electron chi connectivity index (χ1n) is 4.28. The van der Waals surface area contributed by atoms with Crippen molar-refractivity contribution >= 4 is 5.91 Å². The van der Waals surface area contributed by atoms with E-state index in [1.807, 2.05) is 13.8 Å². The van der Waals surface area contributed by atoms with E-state index in [1.54, 1.807) is 0 Å². The van der Waals surface area contributed by atoms with Gasteiger partial charge < -0.3 is 15.4 Å². The zero-order chi connectivity index (χ0) is 9.19. The highest BCUT2D eigenvalue weighted by molar-refractivity contribution is 5.81. The fraction of sp³-hybridized carbons (Fsp3) is 0.875. The van der Waals surface area contributed by atoms with Crippen LogP contribution >= 0.6 is 0 Å². The number of ether oxygens (including phenoxy) is 1. The predicted molar refractivity (Wildman–Crippen MR) is 44.8 cm³/mol. The maximum atomic E-state index is 11.1. The number of hydrogen-bond donors (Lipinski definition) is 2.